The second-order valence-corrected chi connectivity index (χ2v) is 19.9. The van der Waals surface area contributed by atoms with Gasteiger partial charge in [-0.2, -0.15) is 0 Å². The number of esters is 4. The van der Waals surface area contributed by atoms with Crippen molar-refractivity contribution < 1.29 is 76.4 Å². The van der Waals surface area contributed by atoms with Gasteiger partial charge in [-0.1, -0.05) is 91.3 Å². The first kappa shape index (κ1) is 65.4. The van der Waals surface area contributed by atoms with Gasteiger partial charge in [0.1, 0.15) is 53.8 Å². The van der Waals surface area contributed by atoms with Gasteiger partial charge in [0.15, 0.2) is 18.2 Å². The van der Waals surface area contributed by atoms with Gasteiger partial charge in [-0.25, -0.2) is 9.59 Å². The zero-order valence-electron chi connectivity index (χ0n) is 46.9. The molecule has 0 saturated carbocycles. The lowest BCUT2D eigenvalue weighted by molar-refractivity contribution is -0.177. The molecule has 1 heterocycles. The highest BCUT2D eigenvalue weighted by Crippen LogP contribution is 2.27. The van der Waals surface area contributed by atoms with Crippen LogP contribution in [0, 0.1) is 17.8 Å². The van der Waals surface area contributed by atoms with E-state index in [0.29, 0.717) is 12.0 Å². The molecule has 3 N–H and O–H groups in total. The summed E-state index contributed by atoms with van der Waals surface area (Å²) < 4.78 is 29.2. The Kier molecular flexibility index (Phi) is 26.5. The van der Waals surface area contributed by atoms with Gasteiger partial charge in [0.25, 0.3) is 11.8 Å². The fourth-order valence-corrected chi connectivity index (χ4v) is 8.30. The predicted molar refractivity (Wildman–Crippen MR) is 277 cm³/mol. The minimum atomic E-state index is -1.86. The maximum absolute atomic E-state index is 15.2. The summed E-state index contributed by atoms with van der Waals surface area (Å²) in [4.78, 5) is 156. The molecule has 6 amide bonds. The number of rotatable bonds is 19. The fraction of sp³-hybridized carbons (Fsp3) is 0.648. The third kappa shape index (κ3) is 18.5. The molecule has 0 unspecified atom stereocenters. The van der Waals surface area contributed by atoms with Crippen LogP contribution < -0.4 is 16.0 Å². The average molecular weight is 1070 g/mol. The topological polar surface area (TPSA) is 280 Å². The van der Waals surface area contributed by atoms with Crippen molar-refractivity contribution in [1.82, 2.24) is 30.7 Å². The van der Waals surface area contributed by atoms with Crippen LogP contribution in [0.5, 0.6) is 0 Å². The Hall–Kier alpha value is -6.71. The highest BCUT2D eigenvalue weighted by molar-refractivity contribution is 6.01. The van der Waals surface area contributed by atoms with Crippen molar-refractivity contribution in [2.75, 3.05) is 28.3 Å². The lowest BCUT2D eigenvalue weighted by Crippen LogP contribution is -2.63. The Morgan fingerprint density at radius 1 is 0.789 bits per heavy atom. The predicted octanol–water partition coefficient (Wildman–Crippen LogP) is 2.96. The third-order valence-corrected chi connectivity index (χ3v) is 13.3. The summed E-state index contributed by atoms with van der Waals surface area (Å²) in [6, 6.07) is 0.280. The minimum Gasteiger partial charge on any atom is -0.461 e. The Balaban J connectivity index is 2.92. The van der Waals surface area contributed by atoms with Crippen LogP contribution in [0.1, 0.15) is 120 Å². The maximum atomic E-state index is 15.2. The van der Waals surface area contributed by atoms with E-state index in [1.807, 2.05) is 6.92 Å². The van der Waals surface area contributed by atoms with Crippen LogP contribution in [0.4, 0.5) is 0 Å². The van der Waals surface area contributed by atoms with Gasteiger partial charge >= 0.3 is 23.9 Å². The summed E-state index contributed by atoms with van der Waals surface area (Å²) >= 11 is 0. The molecule has 424 valence electrons. The molecular weight excluding hydrogens is 989 g/mol. The zero-order valence-corrected chi connectivity index (χ0v) is 46.9. The average Bonchev–Trinajstić information content (AvgIpc) is 3.37. The van der Waals surface area contributed by atoms with Crippen molar-refractivity contribution in [1.29, 1.82) is 0 Å². The standard InChI is InChI=1S/C54H82N6O16/c1-17-19-21-26-41(63)75-45(29(3)4)39(28-38(62)18-2)52(69)76-46(30(5)6)43-51(68)60(15)44(35(11)72-16)54(71)73-34(10)42(56-36(12)61)53(70)74-40(27-37-24-22-20-23-25-37)50(67)59(14)32(8)47(64)55-31(7)49(66)58(13)33(9)48(65)57-43/h20,22-25,29-31,33-35,39-40,42-46H,8,17-19,21,26-28H2,1-7,9-16H3,(H,55,64)(H,56,61)(H,57,65)/t31-,33-,34+,35+,39-,40+,42-,43-,44-,45+,46+/m0/s1. The number of benzene rings is 1. The van der Waals surface area contributed by atoms with Crippen LogP contribution in [0.3, 0.4) is 0 Å². The van der Waals surface area contributed by atoms with Gasteiger partial charge in [0.05, 0.1) is 6.10 Å². The number of hydrogen-bond donors (Lipinski definition) is 3. The first-order valence-corrected chi connectivity index (χ1v) is 25.8. The summed E-state index contributed by atoms with van der Waals surface area (Å²) in [7, 11) is 4.88. The second kappa shape index (κ2) is 30.7. The third-order valence-electron chi connectivity index (χ3n) is 13.3. The van der Waals surface area contributed by atoms with Crippen molar-refractivity contribution in [2.24, 2.45) is 17.8 Å². The summed E-state index contributed by atoms with van der Waals surface area (Å²) in [5, 5.41) is 7.49. The van der Waals surface area contributed by atoms with Crippen LogP contribution in [0.2, 0.25) is 0 Å². The van der Waals surface area contributed by atoms with E-state index in [9.17, 15) is 47.9 Å². The largest absolute Gasteiger partial charge is 0.461 e. The van der Waals surface area contributed by atoms with E-state index in [4.69, 9.17) is 23.7 Å². The number of likely N-dealkylation sites (N-methyl/N-ethyl adjacent to an activating group) is 3. The number of nitrogens with zero attached hydrogens (tertiary/aromatic N) is 3. The highest BCUT2D eigenvalue weighted by Gasteiger charge is 2.46. The quantitative estimate of drug-likeness (QED) is 0.0777. The number of hydrogen-bond acceptors (Lipinski definition) is 16. The smallest absolute Gasteiger partial charge is 0.333 e. The molecule has 1 aliphatic heterocycles. The number of unbranched alkanes of at least 4 members (excludes halogenated alkanes) is 2. The van der Waals surface area contributed by atoms with E-state index in [1.165, 1.54) is 55.9 Å². The molecular formula is C54H82N6O16. The number of methoxy groups -OCH3 is 1. The first-order valence-electron chi connectivity index (χ1n) is 25.8. The first-order chi connectivity index (χ1) is 35.5. The minimum absolute atomic E-state index is 0.0296. The molecule has 0 spiro atoms. The zero-order chi connectivity index (χ0) is 57.9. The number of amides is 6. The fourth-order valence-electron chi connectivity index (χ4n) is 8.30. The summed E-state index contributed by atoms with van der Waals surface area (Å²) in [6.45, 7) is 20.3. The molecule has 22 heteroatoms. The SMILES string of the molecule is C=C1C(=O)N[C@@H](C)C(=O)N(C)[C@@H](C)C(=O)N[C@@H]([C@H](OC(=O)[C@@H](CC(=O)CC)[C@H](OC(=O)CCCCC)C(C)C)C(C)C)C(=O)N(C)[C@@H]([C@@H](C)OC)C(=O)O[C@H](C)[C@H](NC(C)=O)C(=O)O[C@H](Cc2ccccc2)C(=O)N1C. The molecule has 22 nitrogen and oxygen atoms in total. The van der Waals surface area contributed by atoms with Gasteiger partial charge in [0.2, 0.25) is 23.6 Å². The van der Waals surface area contributed by atoms with Gasteiger partial charge in [0, 0.05) is 60.9 Å². The molecule has 1 aliphatic rings. The normalized spacial score (nSPS) is 23.8. The van der Waals surface area contributed by atoms with E-state index in [2.05, 4.69) is 22.5 Å². The van der Waals surface area contributed by atoms with Crippen LogP contribution in [0.25, 0.3) is 0 Å². The van der Waals surface area contributed by atoms with E-state index in [0.717, 1.165) is 34.5 Å². The Bertz CT molecular complexity index is 2240. The molecule has 2 rings (SSSR count). The number of carbonyl (C=O) groups excluding carboxylic acids is 11. The van der Waals surface area contributed by atoms with Gasteiger partial charge < -0.3 is 54.3 Å². The highest BCUT2D eigenvalue weighted by atomic mass is 16.6. The van der Waals surface area contributed by atoms with Crippen molar-refractivity contribution >= 4 is 65.1 Å². The van der Waals surface area contributed by atoms with Crippen LogP contribution in [-0.2, 0) is 82.8 Å². The number of ether oxygens (including phenoxy) is 5. The molecule has 1 aromatic carbocycles. The van der Waals surface area contributed by atoms with Crippen molar-refractivity contribution in [3.8, 4) is 0 Å². The van der Waals surface area contributed by atoms with E-state index >= 15 is 4.79 Å². The number of carbonyl (C=O) groups is 11. The molecule has 0 bridgehead atoms. The van der Waals surface area contributed by atoms with E-state index in [1.54, 1.807) is 65.0 Å². The number of ketones is 1. The molecule has 1 fully saturated rings. The molecule has 0 aromatic heterocycles. The Morgan fingerprint density at radius 3 is 1.95 bits per heavy atom. The molecule has 1 saturated heterocycles. The van der Waals surface area contributed by atoms with Crippen molar-refractivity contribution in [3.05, 3.63) is 48.2 Å². The number of Topliss-reactive ketones (excluding diaryl/α,β-unsaturated/α-hetero) is 1. The molecule has 0 aliphatic carbocycles. The molecule has 1 aromatic rings. The number of cyclic esters (lactones) is 2. The molecule has 11 atom stereocenters. The van der Waals surface area contributed by atoms with Gasteiger partial charge in [-0.15, -0.1) is 0 Å². The maximum Gasteiger partial charge on any atom is 0.333 e. The second-order valence-electron chi connectivity index (χ2n) is 19.9. The van der Waals surface area contributed by atoms with Gasteiger partial charge in [-0.3, -0.25) is 43.2 Å². The van der Waals surface area contributed by atoms with Crippen molar-refractivity contribution in [3.63, 3.8) is 0 Å². The lowest BCUT2D eigenvalue weighted by Gasteiger charge is -2.38. The van der Waals surface area contributed by atoms with Crippen LogP contribution in [0.15, 0.2) is 42.6 Å². The monoisotopic (exact) mass is 1070 g/mol. The summed E-state index contributed by atoms with van der Waals surface area (Å²) in [5.74, 6) is -12.6. The summed E-state index contributed by atoms with van der Waals surface area (Å²) in [5.41, 5.74) is 0.0514. The molecule has 0 radical (unpaired) electrons. The lowest BCUT2D eigenvalue weighted by atomic mass is 9.88. The Morgan fingerprint density at radius 2 is 1.41 bits per heavy atom. The Labute approximate surface area is 447 Å². The van der Waals surface area contributed by atoms with E-state index in [-0.39, 0.29) is 25.0 Å². The van der Waals surface area contributed by atoms with Crippen molar-refractivity contribution in [2.45, 2.75) is 182 Å². The molecule has 76 heavy (non-hydrogen) atoms. The van der Waals surface area contributed by atoms with Gasteiger partial charge in [-0.05, 0) is 51.5 Å². The van der Waals surface area contributed by atoms with E-state index < -0.39 is 150 Å². The summed E-state index contributed by atoms with van der Waals surface area (Å²) in [6.07, 6.45) is -5.58. The van der Waals surface area contributed by atoms with Crippen LogP contribution in [-0.4, -0.2) is 169 Å². The van der Waals surface area contributed by atoms with Crippen LogP contribution >= 0.6 is 0 Å². The number of nitrogens with one attached hydrogen (secondary N) is 3.